The monoisotopic (exact) mass is 247 g/mol. The van der Waals surface area contributed by atoms with Gasteiger partial charge in [-0.2, -0.15) is 0 Å². The van der Waals surface area contributed by atoms with Crippen molar-refractivity contribution in [2.75, 3.05) is 25.5 Å². The van der Waals surface area contributed by atoms with E-state index in [1.807, 2.05) is 26.2 Å². The summed E-state index contributed by atoms with van der Waals surface area (Å²) < 4.78 is 0. The van der Waals surface area contributed by atoms with Crippen molar-refractivity contribution in [1.29, 1.82) is 0 Å². The molecule has 18 heavy (non-hydrogen) atoms. The van der Waals surface area contributed by atoms with E-state index in [-0.39, 0.29) is 6.10 Å². The van der Waals surface area contributed by atoms with E-state index < -0.39 is 0 Å². The molecule has 1 saturated carbocycles. The van der Waals surface area contributed by atoms with Crippen molar-refractivity contribution < 1.29 is 5.11 Å². The molecule has 0 amide bonds. The molecule has 100 valence electrons. The van der Waals surface area contributed by atoms with Gasteiger partial charge in [-0.1, -0.05) is 25.0 Å². The van der Waals surface area contributed by atoms with Crippen LogP contribution in [0.1, 0.15) is 25.7 Å². The van der Waals surface area contributed by atoms with Crippen LogP contribution in [0.4, 0.5) is 11.4 Å². The Kier molecular flexibility index (Phi) is 4.48. The maximum atomic E-state index is 9.90. The molecule has 0 radical (unpaired) electrons. The Hall–Kier alpha value is -1.22. The van der Waals surface area contributed by atoms with Gasteiger partial charge in [-0.3, -0.25) is 0 Å². The third-order valence-corrected chi connectivity index (χ3v) is 3.74. The van der Waals surface area contributed by atoms with Crippen molar-refractivity contribution in [2.45, 2.75) is 31.8 Å². The molecule has 3 heteroatoms. The molecular formula is C15H23N2O-. The molecular weight excluding hydrogens is 224 g/mol. The van der Waals surface area contributed by atoms with Crippen LogP contribution < -0.4 is 4.90 Å². The summed E-state index contributed by atoms with van der Waals surface area (Å²) in [5.41, 5.74) is 2.20. The Morgan fingerprint density at radius 3 is 2.44 bits per heavy atom. The third-order valence-electron chi connectivity index (χ3n) is 3.74. The van der Waals surface area contributed by atoms with Gasteiger partial charge in [0.2, 0.25) is 0 Å². The zero-order chi connectivity index (χ0) is 13.0. The first kappa shape index (κ1) is 13.2. The lowest BCUT2D eigenvalue weighted by atomic mass is 9.86. The fraction of sp³-hybridized carbons (Fsp3) is 0.600. The van der Waals surface area contributed by atoms with Gasteiger partial charge < -0.3 is 15.3 Å². The lowest BCUT2D eigenvalue weighted by Crippen LogP contribution is -2.26. The molecule has 0 heterocycles. The van der Waals surface area contributed by atoms with Crippen molar-refractivity contribution >= 4 is 11.4 Å². The van der Waals surface area contributed by atoms with Crippen LogP contribution in [-0.2, 0) is 0 Å². The molecule has 1 aromatic carbocycles. The number of aliphatic hydroxyl groups is 1. The van der Waals surface area contributed by atoms with Crippen molar-refractivity contribution in [2.24, 2.45) is 5.92 Å². The molecule has 0 aliphatic heterocycles. The van der Waals surface area contributed by atoms with Crippen LogP contribution in [0, 0.1) is 5.92 Å². The quantitative estimate of drug-likeness (QED) is 0.886. The predicted molar refractivity (Wildman–Crippen MR) is 76.6 cm³/mol. The second-order valence-electron chi connectivity index (χ2n) is 5.36. The average Bonchev–Trinajstić information content (AvgIpc) is 2.38. The second kappa shape index (κ2) is 6.10. The lowest BCUT2D eigenvalue weighted by Gasteiger charge is -2.34. The van der Waals surface area contributed by atoms with E-state index >= 15 is 0 Å². The number of nitrogens with zero attached hydrogens (tertiary/aromatic N) is 2. The molecule has 2 rings (SSSR count). The van der Waals surface area contributed by atoms with Gasteiger partial charge in [-0.05, 0) is 30.9 Å². The fourth-order valence-corrected chi connectivity index (χ4v) is 2.48. The Morgan fingerprint density at radius 2 is 1.83 bits per heavy atom. The van der Waals surface area contributed by atoms with Crippen LogP contribution in [0.3, 0.4) is 0 Å². The molecule has 1 fully saturated rings. The Morgan fingerprint density at radius 1 is 1.17 bits per heavy atom. The molecule has 1 aromatic rings. The first-order valence-electron chi connectivity index (χ1n) is 6.80. The SMILES string of the molecule is CN(C)c1ccc([N-]CC2CCCCC2O)cc1. The zero-order valence-electron chi connectivity index (χ0n) is 11.3. The molecule has 2 unspecified atom stereocenters. The summed E-state index contributed by atoms with van der Waals surface area (Å²) in [6.45, 7) is 0.752. The molecule has 0 aromatic heterocycles. The molecule has 0 saturated heterocycles. The maximum Gasteiger partial charge on any atom is 0.0554 e. The van der Waals surface area contributed by atoms with Crippen LogP contribution in [0.25, 0.3) is 5.32 Å². The van der Waals surface area contributed by atoms with Crippen LogP contribution in [0.5, 0.6) is 0 Å². The van der Waals surface area contributed by atoms with E-state index in [0.717, 1.165) is 31.5 Å². The fourth-order valence-electron chi connectivity index (χ4n) is 2.48. The highest BCUT2D eigenvalue weighted by Gasteiger charge is 2.19. The zero-order valence-corrected chi connectivity index (χ0v) is 11.3. The normalized spacial score (nSPS) is 23.7. The van der Waals surface area contributed by atoms with Crippen molar-refractivity contribution in [1.82, 2.24) is 0 Å². The van der Waals surface area contributed by atoms with E-state index in [2.05, 4.69) is 22.3 Å². The summed E-state index contributed by atoms with van der Waals surface area (Å²) in [6, 6.07) is 8.25. The molecule has 0 bridgehead atoms. The third kappa shape index (κ3) is 3.39. The summed E-state index contributed by atoms with van der Waals surface area (Å²) in [7, 11) is 4.06. The largest absolute Gasteiger partial charge is 0.684 e. The predicted octanol–water partition coefficient (Wildman–Crippen LogP) is 3.31. The Bertz CT molecular complexity index is 361. The molecule has 2 atom stereocenters. The highest BCUT2D eigenvalue weighted by atomic mass is 16.3. The summed E-state index contributed by atoms with van der Waals surface area (Å²) in [5, 5.41) is 14.5. The first-order valence-corrected chi connectivity index (χ1v) is 6.80. The van der Waals surface area contributed by atoms with Crippen molar-refractivity contribution in [3.05, 3.63) is 29.6 Å². The van der Waals surface area contributed by atoms with Crippen LogP contribution in [0.2, 0.25) is 0 Å². The number of anilines is 1. The molecule has 0 spiro atoms. The van der Waals surface area contributed by atoms with E-state index in [4.69, 9.17) is 0 Å². The lowest BCUT2D eigenvalue weighted by molar-refractivity contribution is 0.0774. The number of hydrogen-bond acceptors (Lipinski definition) is 2. The maximum absolute atomic E-state index is 9.90. The van der Waals surface area contributed by atoms with Gasteiger partial charge in [-0.15, -0.1) is 12.2 Å². The van der Waals surface area contributed by atoms with Gasteiger partial charge in [0.1, 0.15) is 0 Å². The molecule has 1 aliphatic rings. The Balaban J connectivity index is 1.85. The van der Waals surface area contributed by atoms with Crippen LogP contribution >= 0.6 is 0 Å². The minimum atomic E-state index is -0.149. The summed E-state index contributed by atoms with van der Waals surface area (Å²) in [4.78, 5) is 2.08. The van der Waals surface area contributed by atoms with Gasteiger partial charge in [0, 0.05) is 19.8 Å². The van der Waals surface area contributed by atoms with Gasteiger partial charge in [-0.25, -0.2) is 0 Å². The highest BCUT2D eigenvalue weighted by molar-refractivity contribution is 5.56. The van der Waals surface area contributed by atoms with E-state index in [0.29, 0.717) is 5.92 Å². The van der Waals surface area contributed by atoms with Gasteiger partial charge >= 0.3 is 0 Å². The van der Waals surface area contributed by atoms with E-state index in [1.165, 1.54) is 12.1 Å². The standard InChI is InChI=1S/C15H23N2O/c1-17(2)14-9-7-13(8-10-14)16-11-12-5-3-4-6-15(12)18/h7-10,12,15,18H,3-6,11H2,1-2H3/q-1. The number of benzene rings is 1. The van der Waals surface area contributed by atoms with Crippen LogP contribution in [-0.4, -0.2) is 31.9 Å². The van der Waals surface area contributed by atoms with Crippen molar-refractivity contribution in [3.63, 3.8) is 0 Å². The summed E-state index contributed by atoms with van der Waals surface area (Å²) in [6.07, 6.45) is 4.30. The minimum absolute atomic E-state index is 0.149. The van der Waals surface area contributed by atoms with Gasteiger partial charge in [0.15, 0.2) is 0 Å². The van der Waals surface area contributed by atoms with Gasteiger partial charge in [0.25, 0.3) is 0 Å². The topological polar surface area (TPSA) is 37.6 Å². The minimum Gasteiger partial charge on any atom is -0.684 e. The number of rotatable bonds is 4. The molecule has 1 N–H and O–H groups in total. The average molecular weight is 247 g/mol. The van der Waals surface area contributed by atoms with E-state index in [1.54, 1.807) is 0 Å². The number of aliphatic hydroxyl groups excluding tert-OH is 1. The molecule has 1 aliphatic carbocycles. The van der Waals surface area contributed by atoms with Crippen molar-refractivity contribution in [3.8, 4) is 0 Å². The van der Waals surface area contributed by atoms with E-state index in [9.17, 15) is 5.11 Å². The second-order valence-corrected chi connectivity index (χ2v) is 5.36. The smallest absolute Gasteiger partial charge is 0.0554 e. The number of hydrogen-bond donors (Lipinski definition) is 1. The highest BCUT2D eigenvalue weighted by Crippen LogP contribution is 2.29. The molecule has 3 nitrogen and oxygen atoms in total. The Labute approximate surface area is 110 Å². The van der Waals surface area contributed by atoms with Crippen LogP contribution in [0.15, 0.2) is 24.3 Å². The first-order chi connectivity index (χ1) is 8.66. The summed E-state index contributed by atoms with van der Waals surface area (Å²) in [5.74, 6) is 0.354. The van der Waals surface area contributed by atoms with Gasteiger partial charge in [0.05, 0.1) is 6.10 Å². The summed E-state index contributed by atoms with van der Waals surface area (Å²) >= 11 is 0.